The van der Waals surface area contributed by atoms with Crippen LogP contribution in [0.3, 0.4) is 0 Å². The Kier molecular flexibility index (Phi) is 3.61. The standard InChI is InChI=1S/C15H17OP/c1-2-15(16,12-6-4-3-5-7-12)13-8-10-14(17)11-9-13/h3-11,16H,2,17H2,1H3. The van der Waals surface area contributed by atoms with Gasteiger partial charge in [0.2, 0.25) is 0 Å². The molecule has 2 aromatic carbocycles. The Morgan fingerprint density at radius 1 is 0.941 bits per heavy atom. The van der Waals surface area contributed by atoms with Crippen molar-refractivity contribution in [2.45, 2.75) is 18.9 Å². The third kappa shape index (κ3) is 2.41. The number of hydrogen-bond acceptors (Lipinski definition) is 1. The van der Waals surface area contributed by atoms with E-state index in [-0.39, 0.29) is 0 Å². The summed E-state index contributed by atoms with van der Waals surface area (Å²) in [4.78, 5) is 0. The fourth-order valence-corrected chi connectivity index (χ4v) is 2.24. The van der Waals surface area contributed by atoms with E-state index >= 15 is 0 Å². The molecule has 0 heterocycles. The minimum atomic E-state index is -0.889. The summed E-state index contributed by atoms with van der Waals surface area (Å²) in [6.45, 7) is 2.00. The van der Waals surface area contributed by atoms with Crippen LogP contribution in [0.5, 0.6) is 0 Å². The van der Waals surface area contributed by atoms with Gasteiger partial charge in [-0.1, -0.05) is 61.5 Å². The molecule has 0 amide bonds. The minimum absolute atomic E-state index is 0.660. The lowest BCUT2D eigenvalue weighted by Crippen LogP contribution is -2.26. The Hall–Kier alpha value is -1.17. The van der Waals surface area contributed by atoms with Crippen LogP contribution in [-0.4, -0.2) is 5.11 Å². The molecule has 1 nitrogen and oxygen atoms in total. The molecule has 88 valence electrons. The molecule has 2 rings (SSSR count). The fourth-order valence-electron chi connectivity index (χ4n) is 2.05. The van der Waals surface area contributed by atoms with E-state index in [1.54, 1.807) is 0 Å². The Labute approximate surface area is 105 Å². The highest BCUT2D eigenvalue weighted by molar-refractivity contribution is 7.27. The van der Waals surface area contributed by atoms with Crippen molar-refractivity contribution in [3.63, 3.8) is 0 Å². The van der Waals surface area contributed by atoms with Gasteiger partial charge in [-0.05, 0) is 22.9 Å². The quantitative estimate of drug-likeness (QED) is 0.823. The highest BCUT2D eigenvalue weighted by atomic mass is 31.0. The van der Waals surface area contributed by atoms with Crippen molar-refractivity contribution in [1.82, 2.24) is 0 Å². The van der Waals surface area contributed by atoms with Crippen LogP contribution in [0.4, 0.5) is 0 Å². The molecule has 17 heavy (non-hydrogen) atoms. The van der Waals surface area contributed by atoms with Gasteiger partial charge in [-0.25, -0.2) is 0 Å². The van der Waals surface area contributed by atoms with Gasteiger partial charge < -0.3 is 5.11 Å². The lowest BCUT2D eigenvalue weighted by atomic mass is 9.84. The van der Waals surface area contributed by atoms with E-state index < -0.39 is 5.60 Å². The van der Waals surface area contributed by atoms with Crippen molar-refractivity contribution in [2.75, 3.05) is 0 Å². The minimum Gasteiger partial charge on any atom is -0.380 e. The van der Waals surface area contributed by atoms with Crippen LogP contribution >= 0.6 is 9.24 Å². The predicted molar refractivity (Wildman–Crippen MR) is 75.5 cm³/mol. The lowest BCUT2D eigenvalue weighted by molar-refractivity contribution is 0.0765. The van der Waals surface area contributed by atoms with Gasteiger partial charge in [-0.15, -0.1) is 9.24 Å². The third-order valence-corrected chi connectivity index (χ3v) is 3.54. The topological polar surface area (TPSA) is 20.2 Å². The van der Waals surface area contributed by atoms with Crippen molar-refractivity contribution in [2.24, 2.45) is 0 Å². The fraction of sp³-hybridized carbons (Fsp3) is 0.200. The average molecular weight is 244 g/mol. The largest absolute Gasteiger partial charge is 0.380 e. The van der Waals surface area contributed by atoms with Gasteiger partial charge >= 0.3 is 0 Å². The summed E-state index contributed by atoms with van der Waals surface area (Å²) >= 11 is 0. The highest BCUT2D eigenvalue weighted by Crippen LogP contribution is 2.32. The first kappa shape index (κ1) is 12.3. The average Bonchev–Trinajstić information content (AvgIpc) is 2.40. The molecule has 0 aromatic heterocycles. The first-order chi connectivity index (χ1) is 8.16. The van der Waals surface area contributed by atoms with Gasteiger partial charge in [-0.3, -0.25) is 0 Å². The van der Waals surface area contributed by atoms with Crippen LogP contribution in [0, 0.1) is 0 Å². The molecule has 0 bridgehead atoms. The van der Waals surface area contributed by atoms with Crippen molar-refractivity contribution in [3.8, 4) is 0 Å². The molecule has 1 N–H and O–H groups in total. The summed E-state index contributed by atoms with van der Waals surface area (Å²) in [5.74, 6) is 0. The molecule has 0 aliphatic rings. The molecule has 0 fully saturated rings. The molecule has 0 aliphatic carbocycles. The molecule has 0 saturated carbocycles. The molecule has 0 saturated heterocycles. The zero-order valence-electron chi connectivity index (χ0n) is 9.93. The number of rotatable bonds is 3. The van der Waals surface area contributed by atoms with Crippen molar-refractivity contribution in [3.05, 3.63) is 65.7 Å². The van der Waals surface area contributed by atoms with Crippen LogP contribution < -0.4 is 5.30 Å². The van der Waals surface area contributed by atoms with E-state index in [1.807, 2.05) is 61.5 Å². The second-order valence-corrected chi connectivity index (χ2v) is 4.87. The smallest absolute Gasteiger partial charge is 0.114 e. The lowest BCUT2D eigenvalue weighted by Gasteiger charge is -2.28. The van der Waals surface area contributed by atoms with Crippen molar-refractivity contribution >= 4 is 14.5 Å². The van der Waals surface area contributed by atoms with Crippen LogP contribution in [0.15, 0.2) is 54.6 Å². The Morgan fingerprint density at radius 2 is 1.47 bits per heavy atom. The summed E-state index contributed by atoms with van der Waals surface area (Å²) in [5, 5.41) is 12.0. The van der Waals surface area contributed by atoms with Gasteiger partial charge in [0.05, 0.1) is 0 Å². The van der Waals surface area contributed by atoms with Crippen LogP contribution in [0.1, 0.15) is 24.5 Å². The summed E-state index contributed by atoms with van der Waals surface area (Å²) in [5.41, 5.74) is 0.996. The third-order valence-electron chi connectivity index (χ3n) is 3.15. The van der Waals surface area contributed by atoms with Gasteiger partial charge in [0.25, 0.3) is 0 Å². The van der Waals surface area contributed by atoms with E-state index in [2.05, 4.69) is 9.24 Å². The second-order valence-electron chi connectivity index (χ2n) is 4.20. The molecule has 2 aromatic rings. The maximum Gasteiger partial charge on any atom is 0.114 e. The van der Waals surface area contributed by atoms with Crippen LogP contribution in [0.25, 0.3) is 0 Å². The first-order valence-electron chi connectivity index (χ1n) is 5.80. The summed E-state index contributed by atoms with van der Waals surface area (Å²) in [6.07, 6.45) is 0.660. The SMILES string of the molecule is CCC(O)(c1ccccc1)c1ccc(P)cc1. The molecule has 2 atom stereocenters. The molecular formula is C15H17OP. The van der Waals surface area contributed by atoms with E-state index in [1.165, 1.54) is 0 Å². The number of aliphatic hydroxyl groups is 1. The predicted octanol–water partition coefficient (Wildman–Crippen LogP) is 2.83. The Balaban J connectivity index is 2.48. The summed E-state index contributed by atoms with van der Waals surface area (Å²) in [7, 11) is 2.66. The molecule has 2 unspecified atom stereocenters. The molecule has 2 heteroatoms. The Morgan fingerprint density at radius 3 is 2.00 bits per heavy atom. The molecule has 0 aliphatic heterocycles. The van der Waals surface area contributed by atoms with E-state index in [0.29, 0.717) is 6.42 Å². The monoisotopic (exact) mass is 244 g/mol. The van der Waals surface area contributed by atoms with E-state index in [9.17, 15) is 5.11 Å². The zero-order chi connectivity index (χ0) is 12.3. The summed E-state index contributed by atoms with van der Waals surface area (Å²) in [6, 6.07) is 17.8. The number of hydrogen-bond donors (Lipinski definition) is 1. The highest BCUT2D eigenvalue weighted by Gasteiger charge is 2.28. The van der Waals surface area contributed by atoms with Crippen molar-refractivity contribution in [1.29, 1.82) is 0 Å². The molecule has 0 spiro atoms. The maximum atomic E-state index is 10.8. The molecular weight excluding hydrogens is 227 g/mol. The number of benzene rings is 2. The van der Waals surface area contributed by atoms with E-state index in [4.69, 9.17) is 0 Å². The van der Waals surface area contributed by atoms with Gasteiger partial charge in [0, 0.05) is 0 Å². The Bertz CT molecular complexity index is 478. The normalized spacial score (nSPS) is 14.3. The first-order valence-corrected chi connectivity index (χ1v) is 6.38. The van der Waals surface area contributed by atoms with Crippen molar-refractivity contribution < 1.29 is 5.11 Å². The second kappa shape index (κ2) is 5.00. The van der Waals surface area contributed by atoms with Gasteiger partial charge in [-0.2, -0.15) is 0 Å². The van der Waals surface area contributed by atoms with E-state index in [0.717, 1.165) is 16.4 Å². The zero-order valence-corrected chi connectivity index (χ0v) is 11.1. The van der Waals surface area contributed by atoms with Gasteiger partial charge in [0.15, 0.2) is 0 Å². The molecule has 0 radical (unpaired) electrons. The van der Waals surface area contributed by atoms with Crippen LogP contribution in [0.2, 0.25) is 0 Å². The summed E-state index contributed by atoms with van der Waals surface area (Å²) < 4.78 is 0. The van der Waals surface area contributed by atoms with Crippen LogP contribution in [-0.2, 0) is 5.60 Å². The maximum absolute atomic E-state index is 10.8. The van der Waals surface area contributed by atoms with Gasteiger partial charge in [0.1, 0.15) is 5.60 Å².